The molecule has 1 aromatic heterocycles. The van der Waals surface area contributed by atoms with Crippen LogP contribution >= 0.6 is 0 Å². The fourth-order valence-corrected chi connectivity index (χ4v) is 3.16. The Kier molecular flexibility index (Phi) is 5.34. The molecule has 116 valence electrons. The Hall–Kier alpha value is -1.42. The van der Waals surface area contributed by atoms with E-state index < -0.39 is 5.54 Å². The van der Waals surface area contributed by atoms with Gasteiger partial charge in [0.1, 0.15) is 0 Å². The van der Waals surface area contributed by atoms with Gasteiger partial charge >= 0.3 is 0 Å². The number of aryl methyl sites for hydroxylation is 1. The number of hydrogen-bond acceptors (Lipinski definition) is 3. The average Bonchev–Trinajstić information content (AvgIpc) is 2.50. The maximum absolute atomic E-state index is 12.3. The van der Waals surface area contributed by atoms with Gasteiger partial charge in [-0.05, 0) is 44.2 Å². The van der Waals surface area contributed by atoms with Crippen LogP contribution in [-0.2, 0) is 11.2 Å². The summed E-state index contributed by atoms with van der Waals surface area (Å²) in [6.45, 7) is 3.89. The largest absolute Gasteiger partial charge is 0.394 e. The fraction of sp³-hybridized carbons (Fsp3) is 0.647. The van der Waals surface area contributed by atoms with Crippen molar-refractivity contribution < 1.29 is 9.90 Å². The normalized spacial score (nSPS) is 19.0. The highest BCUT2D eigenvalue weighted by molar-refractivity contribution is 5.79. The molecule has 4 nitrogen and oxygen atoms in total. The number of aliphatic hydroxyl groups is 1. The van der Waals surface area contributed by atoms with E-state index >= 15 is 0 Å². The van der Waals surface area contributed by atoms with Crippen LogP contribution in [0.2, 0.25) is 0 Å². The van der Waals surface area contributed by atoms with Crippen molar-refractivity contribution in [2.24, 2.45) is 5.92 Å². The Bertz CT molecular complexity index is 466. The standard InChI is InChI=1S/C17H26N2O2/c1-13-8-9-14(11-18-13)10-16(21)19-17(2,12-20)15-6-4-3-5-7-15/h8-9,11,15,20H,3-7,10,12H2,1-2H3,(H,19,21)/t17-/m1/s1. The van der Waals surface area contributed by atoms with Crippen LogP contribution < -0.4 is 5.32 Å². The number of hydrogen-bond donors (Lipinski definition) is 2. The summed E-state index contributed by atoms with van der Waals surface area (Å²) in [5, 5.41) is 12.8. The lowest BCUT2D eigenvalue weighted by atomic mass is 9.76. The van der Waals surface area contributed by atoms with Crippen LogP contribution in [0.4, 0.5) is 0 Å². The number of carbonyl (C=O) groups is 1. The zero-order valence-corrected chi connectivity index (χ0v) is 13.1. The summed E-state index contributed by atoms with van der Waals surface area (Å²) in [6.07, 6.45) is 7.88. The molecule has 1 fully saturated rings. The van der Waals surface area contributed by atoms with E-state index in [2.05, 4.69) is 10.3 Å². The van der Waals surface area contributed by atoms with Crippen LogP contribution in [0, 0.1) is 12.8 Å². The molecule has 0 aliphatic heterocycles. The second kappa shape index (κ2) is 7.03. The molecular formula is C17H26N2O2. The van der Waals surface area contributed by atoms with Gasteiger partial charge in [0.15, 0.2) is 0 Å². The Labute approximate surface area is 127 Å². The quantitative estimate of drug-likeness (QED) is 0.875. The van der Waals surface area contributed by atoms with Gasteiger partial charge < -0.3 is 10.4 Å². The molecule has 0 radical (unpaired) electrons. The monoisotopic (exact) mass is 290 g/mol. The van der Waals surface area contributed by atoms with Crippen molar-refractivity contribution in [2.75, 3.05) is 6.61 Å². The van der Waals surface area contributed by atoms with Crippen molar-refractivity contribution in [2.45, 2.75) is 57.9 Å². The number of amides is 1. The molecule has 0 aromatic carbocycles. The van der Waals surface area contributed by atoms with Gasteiger partial charge in [-0.3, -0.25) is 9.78 Å². The molecule has 0 spiro atoms. The summed E-state index contributed by atoms with van der Waals surface area (Å²) in [7, 11) is 0. The van der Waals surface area contributed by atoms with Crippen LogP contribution in [0.5, 0.6) is 0 Å². The van der Waals surface area contributed by atoms with Crippen molar-refractivity contribution >= 4 is 5.91 Å². The number of aromatic nitrogens is 1. The first-order valence-electron chi connectivity index (χ1n) is 7.87. The van der Waals surface area contributed by atoms with Gasteiger partial charge in [-0.2, -0.15) is 0 Å². The van der Waals surface area contributed by atoms with E-state index in [1.165, 1.54) is 19.3 Å². The lowest BCUT2D eigenvalue weighted by Gasteiger charge is -2.39. The van der Waals surface area contributed by atoms with E-state index in [1.807, 2.05) is 26.0 Å². The molecule has 2 N–H and O–H groups in total. The Balaban J connectivity index is 1.96. The number of carbonyl (C=O) groups excluding carboxylic acids is 1. The topological polar surface area (TPSA) is 62.2 Å². The summed E-state index contributed by atoms with van der Waals surface area (Å²) in [5.41, 5.74) is 1.35. The molecule has 0 unspecified atom stereocenters. The minimum atomic E-state index is -0.504. The maximum atomic E-state index is 12.3. The molecule has 1 aromatic rings. The van der Waals surface area contributed by atoms with Crippen LogP contribution in [0.15, 0.2) is 18.3 Å². The van der Waals surface area contributed by atoms with Crippen LogP contribution in [-0.4, -0.2) is 28.1 Å². The second-order valence-corrected chi connectivity index (χ2v) is 6.44. The molecule has 1 saturated carbocycles. The van der Waals surface area contributed by atoms with E-state index in [9.17, 15) is 9.90 Å². The van der Waals surface area contributed by atoms with Crippen LogP contribution in [0.3, 0.4) is 0 Å². The minimum Gasteiger partial charge on any atom is -0.394 e. The molecule has 1 aliphatic carbocycles. The minimum absolute atomic E-state index is 0.00441. The van der Waals surface area contributed by atoms with E-state index in [-0.39, 0.29) is 12.5 Å². The van der Waals surface area contributed by atoms with Gasteiger partial charge in [0.2, 0.25) is 5.91 Å². The van der Waals surface area contributed by atoms with Gasteiger partial charge in [0.05, 0.1) is 18.6 Å². The summed E-state index contributed by atoms with van der Waals surface area (Å²) >= 11 is 0. The summed E-state index contributed by atoms with van der Waals surface area (Å²) in [4.78, 5) is 16.5. The molecule has 1 amide bonds. The molecule has 0 bridgehead atoms. The first-order chi connectivity index (χ1) is 10.0. The van der Waals surface area contributed by atoms with Crippen molar-refractivity contribution in [3.05, 3.63) is 29.6 Å². The molecular weight excluding hydrogens is 264 g/mol. The highest BCUT2D eigenvalue weighted by atomic mass is 16.3. The summed E-state index contributed by atoms with van der Waals surface area (Å²) in [6, 6.07) is 3.84. The number of pyridine rings is 1. The zero-order valence-electron chi connectivity index (χ0n) is 13.1. The molecule has 1 heterocycles. The average molecular weight is 290 g/mol. The SMILES string of the molecule is Cc1ccc(CC(=O)N[C@](C)(CO)C2CCCCC2)cn1. The van der Waals surface area contributed by atoms with Crippen molar-refractivity contribution in [3.63, 3.8) is 0 Å². The summed E-state index contributed by atoms with van der Waals surface area (Å²) in [5.74, 6) is 0.333. The Morgan fingerprint density at radius 2 is 2.10 bits per heavy atom. The summed E-state index contributed by atoms with van der Waals surface area (Å²) < 4.78 is 0. The van der Waals surface area contributed by atoms with E-state index in [0.29, 0.717) is 12.3 Å². The number of rotatable bonds is 5. The third-order valence-corrected chi connectivity index (χ3v) is 4.60. The number of aliphatic hydroxyl groups excluding tert-OH is 1. The van der Waals surface area contributed by atoms with Crippen molar-refractivity contribution in [1.82, 2.24) is 10.3 Å². The maximum Gasteiger partial charge on any atom is 0.224 e. The fourth-order valence-electron chi connectivity index (χ4n) is 3.16. The highest BCUT2D eigenvalue weighted by Gasteiger charge is 2.35. The lowest BCUT2D eigenvalue weighted by molar-refractivity contribution is -0.123. The highest BCUT2D eigenvalue weighted by Crippen LogP contribution is 2.32. The van der Waals surface area contributed by atoms with Crippen molar-refractivity contribution in [3.8, 4) is 0 Å². The van der Waals surface area contributed by atoms with Crippen molar-refractivity contribution in [1.29, 1.82) is 0 Å². The Morgan fingerprint density at radius 1 is 1.38 bits per heavy atom. The van der Waals surface area contributed by atoms with E-state index in [0.717, 1.165) is 24.1 Å². The van der Waals surface area contributed by atoms with Gasteiger partial charge in [-0.25, -0.2) is 0 Å². The first-order valence-corrected chi connectivity index (χ1v) is 7.87. The van der Waals surface area contributed by atoms with E-state index in [4.69, 9.17) is 0 Å². The molecule has 21 heavy (non-hydrogen) atoms. The number of nitrogens with one attached hydrogen (secondary N) is 1. The van der Waals surface area contributed by atoms with Crippen LogP contribution in [0.1, 0.15) is 50.3 Å². The molecule has 1 atom stereocenters. The molecule has 2 rings (SSSR count). The third kappa shape index (κ3) is 4.27. The lowest BCUT2D eigenvalue weighted by Crippen LogP contribution is -2.55. The zero-order chi connectivity index (χ0) is 15.3. The smallest absolute Gasteiger partial charge is 0.224 e. The van der Waals surface area contributed by atoms with Gasteiger partial charge in [-0.1, -0.05) is 25.3 Å². The first kappa shape index (κ1) is 16.0. The van der Waals surface area contributed by atoms with Crippen LogP contribution in [0.25, 0.3) is 0 Å². The van der Waals surface area contributed by atoms with Gasteiger partial charge in [-0.15, -0.1) is 0 Å². The third-order valence-electron chi connectivity index (χ3n) is 4.60. The Morgan fingerprint density at radius 3 is 2.67 bits per heavy atom. The predicted molar refractivity (Wildman–Crippen MR) is 82.9 cm³/mol. The van der Waals surface area contributed by atoms with E-state index in [1.54, 1.807) is 6.20 Å². The molecule has 1 aliphatic rings. The molecule has 4 heteroatoms. The predicted octanol–water partition coefficient (Wildman–Crippen LogP) is 2.38. The number of nitrogens with zero attached hydrogens (tertiary/aromatic N) is 1. The second-order valence-electron chi connectivity index (χ2n) is 6.44. The molecule has 0 saturated heterocycles. The van der Waals surface area contributed by atoms with Gasteiger partial charge in [0, 0.05) is 11.9 Å². The van der Waals surface area contributed by atoms with Gasteiger partial charge in [0.25, 0.3) is 0 Å².